The van der Waals surface area contributed by atoms with Crippen LogP contribution in [0.1, 0.15) is 26.7 Å². The van der Waals surface area contributed by atoms with Gasteiger partial charge in [0, 0.05) is 12.8 Å². The highest BCUT2D eigenvalue weighted by Gasteiger charge is 1.98. The minimum Gasteiger partial charge on any atom is -0.304 e. The fourth-order valence-electron chi connectivity index (χ4n) is 0.843. The predicted molar refractivity (Wildman–Crippen MR) is 58.9 cm³/mol. The van der Waals surface area contributed by atoms with Gasteiger partial charge in [0.1, 0.15) is 0 Å². The number of aliphatic imine (C=N–C) groups is 1. The molecule has 13 heavy (non-hydrogen) atoms. The first-order valence-electron chi connectivity index (χ1n) is 4.41. The Labute approximate surface area is 84.1 Å². The molecule has 5 heteroatoms. The first kappa shape index (κ1) is 12.4. The van der Waals surface area contributed by atoms with Crippen molar-refractivity contribution in [2.45, 2.75) is 26.7 Å². The SMILES string of the molecule is CN=C(N=NN)SCCCC(C)C. The maximum Gasteiger partial charge on any atom is 0.205 e. The quantitative estimate of drug-likeness (QED) is 0.190. The molecule has 4 nitrogen and oxygen atoms in total. The van der Waals surface area contributed by atoms with E-state index in [1.807, 2.05) is 0 Å². The number of hydrogen-bond acceptors (Lipinski definition) is 3. The highest BCUT2D eigenvalue weighted by molar-refractivity contribution is 8.13. The molecule has 0 unspecified atom stereocenters. The molecule has 0 heterocycles. The summed E-state index contributed by atoms with van der Waals surface area (Å²) in [5.74, 6) is 6.72. The summed E-state index contributed by atoms with van der Waals surface area (Å²) in [6, 6.07) is 0. The van der Waals surface area contributed by atoms with Gasteiger partial charge in [-0.25, -0.2) is 0 Å². The highest BCUT2D eigenvalue weighted by Crippen LogP contribution is 2.11. The zero-order valence-corrected chi connectivity index (χ0v) is 9.34. The number of rotatable bonds is 4. The Morgan fingerprint density at radius 3 is 2.62 bits per heavy atom. The molecule has 0 radical (unpaired) electrons. The average molecular weight is 202 g/mol. The van der Waals surface area contributed by atoms with Crippen molar-refractivity contribution in [2.75, 3.05) is 12.8 Å². The van der Waals surface area contributed by atoms with Gasteiger partial charge in [-0.15, -0.1) is 5.11 Å². The zero-order valence-electron chi connectivity index (χ0n) is 8.53. The van der Waals surface area contributed by atoms with Gasteiger partial charge in [-0.1, -0.05) is 37.3 Å². The second kappa shape index (κ2) is 8.04. The molecule has 0 aliphatic heterocycles. The normalized spacial score (nSPS) is 13.1. The van der Waals surface area contributed by atoms with Crippen LogP contribution in [0, 0.1) is 5.92 Å². The molecule has 0 atom stereocenters. The molecule has 0 fully saturated rings. The predicted octanol–water partition coefficient (Wildman–Crippen LogP) is 2.47. The van der Waals surface area contributed by atoms with Gasteiger partial charge in [-0.3, -0.25) is 4.99 Å². The van der Waals surface area contributed by atoms with Crippen molar-refractivity contribution in [3.8, 4) is 0 Å². The van der Waals surface area contributed by atoms with E-state index in [9.17, 15) is 0 Å². The van der Waals surface area contributed by atoms with Crippen molar-refractivity contribution in [1.29, 1.82) is 0 Å². The lowest BCUT2D eigenvalue weighted by Gasteiger charge is -2.02. The van der Waals surface area contributed by atoms with Crippen molar-refractivity contribution < 1.29 is 0 Å². The molecule has 0 aliphatic carbocycles. The molecule has 2 N–H and O–H groups in total. The third-order valence-electron chi connectivity index (χ3n) is 1.49. The molecular weight excluding hydrogens is 184 g/mol. The second-order valence-electron chi connectivity index (χ2n) is 3.11. The summed E-state index contributed by atoms with van der Waals surface area (Å²) in [6.07, 6.45) is 2.42. The van der Waals surface area contributed by atoms with Gasteiger partial charge in [-0.05, 0) is 12.3 Å². The van der Waals surface area contributed by atoms with Crippen molar-refractivity contribution in [2.24, 2.45) is 27.1 Å². The fraction of sp³-hybridized carbons (Fsp3) is 0.875. The van der Waals surface area contributed by atoms with Crippen molar-refractivity contribution in [1.82, 2.24) is 0 Å². The number of nitrogens with two attached hydrogens (primary N) is 1. The Bertz CT molecular complexity index is 177. The van der Waals surface area contributed by atoms with Crippen LogP contribution in [0.3, 0.4) is 0 Å². The summed E-state index contributed by atoms with van der Waals surface area (Å²) in [7, 11) is 1.69. The second-order valence-corrected chi connectivity index (χ2v) is 4.17. The number of thioether (sulfide) groups is 1. The van der Waals surface area contributed by atoms with Crippen molar-refractivity contribution in [3.05, 3.63) is 0 Å². The molecule has 0 spiro atoms. The summed E-state index contributed by atoms with van der Waals surface area (Å²) in [5, 5.41) is 7.53. The molecule has 0 aromatic rings. The van der Waals surface area contributed by atoms with Crippen LogP contribution in [-0.4, -0.2) is 18.0 Å². The molecular formula is C8H18N4S. The van der Waals surface area contributed by atoms with Crippen LogP contribution in [-0.2, 0) is 0 Å². The van der Waals surface area contributed by atoms with E-state index in [0.717, 1.165) is 11.7 Å². The summed E-state index contributed by atoms with van der Waals surface area (Å²) >= 11 is 1.60. The van der Waals surface area contributed by atoms with Gasteiger partial charge in [0.15, 0.2) is 0 Å². The topological polar surface area (TPSA) is 63.1 Å². The van der Waals surface area contributed by atoms with Crippen LogP contribution in [0.25, 0.3) is 0 Å². The Hall–Kier alpha value is -0.580. The monoisotopic (exact) mass is 202 g/mol. The van der Waals surface area contributed by atoms with Gasteiger partial charge in [0.25, 0.3) is 0 Å². The first-order valence-corrected chi connectivity index (χ1v) is 5.39. The molecule has 0 aliphatic rings. The Kier molecular flexibility index (Phi) is 7.68. The van der Waals surface area contributed by atoms with E-state index >= 15 is 0 Å². The standard InChI is InChI=1S/C8H18N4S/c1-7(2)5-4-6-13-8(10-3)11-12-9/h7H,4-6H2,1-3H3,(H2,9,10,11). The zero-order chi connectivity index (χ0) is 10.1. The van der Waals surface area contributed by atoms with Crippen LogP contribution in [0.5, 0.6) is 0 Å². The molecule has 0 aromatic carbocycles. The molecule has 0 bridgehead atoms. The Balaban J connectivity index is 3.51. The van der Waals surface area contributed by atoms with Gasteiger partial charge >= 0.3 is 0 Å². The summed E-state index contributed by atoms with van der Waals surface area (Å²) < 4.78 is 0. The van der Waals surface area contributed by atoms with E-state index in [4.69, 9.17) is 5.84 Å². The smallest absolute Gasteiger partial charge is 0.205 e. The maximum absolute atomic E-state index is 4.92. The van der Waals surface area contributed by atoms with E-state index in [1.165, 1.54) is 12.8 Å². The summed E-state index contributed by atoms with van der Waals surface area (Å²) in [5.41, 5.74) is 0. The maximum atomic E-state index is 4.92. The number of amidine groups is 1. The fourth-order valence-corrected chi connectivity index (χ4v) is 1.57. The van der Waals surface area contributed by atoms with Crippen molar-refractivity contribution >= 4 is 16.9 Å². The van der Waals surface area contributed by atoms with Crippen molar-refractivity contribution in [3.63, 3.8) is 0 Å². The van der Waals surface area contributed by atoms with Crippen LogP contribution in [0.15, 0.2) is 15.3 Å². The van der Waals surface area contributed by atoms with Crippen LogP contribution >= 0.6 is 11.8 Å². The summed E-state index contributed by atoms with van der Waals surface area (Å²) in [4.78, 5) is 3.93. The largest absolute Gasteiger partial charge is 0.304 e. The number of nitrogens with zero attached hydrogens (tertiary/aromatic N) is 3. The Morgan fingerprint density at radius 2 is 2.15 bits per heavy atom. The lowest BCUT2D eigenvalue weighted by atomic mass is 10.1. The van der Waals surface area contributed by atoms with Gasteiger partial charge in [0.05, 0.1) is 0 Å². The van der Waals surface area contributed by atoms with Crippen LogP contribution in [0.2, 0.25) is 0 Å². The van der Waals surface area contributed by atoms with E-state index in [2.05, 4.69) is 29.2 Å². The number of hydrogen-bond donors (Lipinski definition) is 1. The minimum atomic E-state index is 0.659. The third-order valence-corrected chi connectivity index (χ3v) is 2.51. The minimum absolute atomic E-state index is 0.659. The van der Waals surface area contributed by atoms with Gasteiger partial charge in [-0.2, -0.15) is 0 Å². The lowest BCUT2D eigenvalue weighted by molar-refractivity contribution is 0.579. The molecule has 0 aromatic heterocycles. The molecule has 0 rings (SSSR count). The molecule has 0 saturated carbocycles. The van der Waals surface area contributed by atoms with E-state index in [0.29, 0.717) is 5.17 Å². The lowest BCUT2D eigenvalue weighted by Crippen LogP contribution is -1.93. The molecule has 0 amide bonds. The first-order chi connectivity index (χ1) is 6.20. The van der Waals surface area contributed by atoms with E-state index in [-0.39, 0.29) is 0 Å². The summed E-state index contributed by atoms with van der Waals surface area (Å²) in [6.45, 7) is 4.44. The Morgan fingerprint density at radius 1 is 1.46 bits per heavy atom. The van der Waals surface area contributed by atoms with E-state index in [1.54, 1.807) is 18.8 Å². The van der Waals surface area contributed by atoms with E-state index < -0.39 is 0 Å². The van der Waals surface area contributed by atoms with Gasteiger partial charge < -0.3 is 5.84 Å². The average Bonchev–Trinajstić information content (AvgIpc) is 2.10. The molecule has 76 valence electrons. The van der Waals surface area contributed by atoms with Gasteiger partial charge in [0.2, 0.25) is 5.17 Å². The highest BCUT2D eigenvalue weighted by atomic mass is 32.2. The third kappa shape index (κ3) is 7.77. The molecule has 0 saturated heterocycles. The van der Waals surface area contributed by atoms with Crippen LogP contribution in [0.4, 0.5) is 0 Å². The van der Waals surface area contributed by atoms with Crippen LogP contribution < -0.4 is 5.84 Å².